The number of carboxylic acids is 1. The van der Waals surface area contributed by atoms with E-state index in [9.17, 15) is 4.79 Å². The van der Waals surface area contributed by atoms with E-state index in [0.29, 0.717) is 6.61 Å². The van der Waals surface area contributed by atoms with E-state index in [1.54, 1.807) is 7.11 Å². The van der Waals surface area contributed by atoms with Gasteiger partial charge in [0, 0.05) is 33.3 Å². The molecule has 1 aromatic rings. The van der Waals surface area contributed by atoms with Crippen molar-refractivity contribution in [1.29, 1.82) is 0 Å². The van der Waals surface area contributed by atoms with Crippen LogP contribution in [0.5, 0.6) is 0 Å². The monoisotopic (exact) mass is 292 g/mol. The smallest absolute Gasteiger partial charge is 0.317 e. The van der Waals surface area contributed by atoms with Crippen LogP contribution >= 0.6 is 0 Å². The van der Waals surface area contributed by atoms with Gasteiger partial charge in [0.05, 0.1) is 13.2 Å². The molecule has 0 atom stereocenters. The molecule has 0 aliphatic carbocycles. The molecule has 1 fully saturated rings. The first-order valence-electron chi connectivity index (χ1n) is 7.40. The van der Waals surface area contributed by atoms with E-state index < -0.39 is 5.97 Å². The van der Waals surface area contributed by atoms with E-state index in [4.69, 9.17) is 9.84 Å². The lowest BCUT2D eigenvalue weighted by molar-refractivity contribution is -0.138. The SMILES string of the molecule is COCc1cccc(CN2CCCN(CC(=O)O)CC2)c1. The Balaban J connectivity index is 1.88. The first-order valence-corrected chi connectivity index (χ1v) is 7.40. The zero-order valence-corrected chi connectivity index (χ0v) is 12.6. The van der Waals surface area contributed by atoms with Crippen molar-refractivity contribution < 1.29 is 14.6 Å². The third kappa shape index (κ3) is 5.46. The molecule has 1 N–H and O–H groups in total. The largest absolute Gasteiger partial charge is 0.480 e. The molecule has 1 aliphatic heterocycles. The van der Waals surface area contributed by atoms with E-state index in [1.165, 1.54) is 11.1 Å². The molecule has 0 saturated carbocycles. The molecular weight excluding hydrogens is 268 g/mol. The van der Waals surface area contributed by atoms with Crippen LogP contribution in [0.1, 0.15) is 17.5 Å². The molecule has 0 unspecified atom stereocenters. The first-order chi connectivity index (χ1) is 10.2. The van der Waals surface area contributed by atoms with E-state index in [-0.39, 0.29) is 6.54 Å². The van der Waals surface area contributed by atoms with Crippen LogP contribution < -0.4 is 0 Å². The fourth-order valence-electron chi connectivity index (χ4n) is 2.77. The highest BCUT2D eigenvalue weighted by atomic mass is 16.5. The number of carboxylic acid groups (broad SMARTS) is 1. The Morgan fingerprint density at radius 1 is 1.19 bits per heavy atom. The molecule has 1 aromatic carbocycles. The first kappa shape index (κ1) is 15.9. The second-order valence-electron chi connectivity index (χ2n) is 5.55. The van der Waals surface area contributed by atoms with Gasteiger partial charge in [-0.2, -0.15) is 0 Å². The summed E-state index contributed by atoms with van der Waals surface area (Å²) in [5.41, 5.74) is 2.48. The number of carbonyl (C=O) groups is 1. The molecule has 0 amide bonds. The lowest BCUT2D eigenvalue weighted by Crippen LogP contribution is -2.34. The molecule has 0 aromatic heterocycles. The van der Waals surface area contributed by atoms with Gasteiger partial charge in [0.25, 0.3) is 0 Å². The minimum absolute atomic E-state index is 0.150. The summed E-state index contributed by atoms with van der Waals surface area (Å²) in [5.74, 6) is -0.740. The molecule has 5 nitrogen and oxygen atoms in total. The molecule has 0 spiro atoms. The molecule has 0 radical (unpaired) electrons. The fourth-order valence-corrected chi connectivity index (χ4v) is 2.77. The third-order valence-electron chi connectivity index (χ3n) is 3.75. The summed E-state index contributed by atoms with van der Waals surface area (Å²) >= 11 is 0. The lowest BCUT2D eigenvalue weighted by atomic mass is 10.1. The minimum atomic E-state index is -0.740. The molecule has 116 valence electrons. The van der Waals surface area contributed by atoms with Gasteiger partial charge in [0.1, 0.15) is 0 Å². The quantitative estimate of drug-likeness (QED) is 0.859. The van der Waals surface area contributed by atoms with Crippen LogP contribution in [0.3, 0.4) is 0 Å². The number of benzene rings is 1. The Kier molecular flexibility index (Phi) is 6.17. The summed E-state index contributed by atoms with van der Waals surface area (Å²) in [5, 5.41) is 8.87. The summed E-state index contributed by atoms with van der Waals surface area (Å²) < 4.78 is 5.17. The second-order valence-corrected chi connectivity index (χ2v) is 5.55. The van der Waals surface area contributed by atoms with Crippen molar-refractivity contribution in [1.82, 2.24) is 9.80 Å². The molecule has 1 aliphatic rings. The Labute approximate surface area is 126 Å². The average Bonchev–Trinajstić information content (AvgIpc) is 2.65. The zero-order valence-electron chi connectivity index (χ0n) is 12.6. The molecule has 2 rings (SSSR count). The number of methoxy groups -OCH3 is 1. The van der Waals surface area contributed by atoms with Gasteiger partial charge in [0.2, 0.25) is 0 Å². The van der Waals surface area contributed by atoms with Gasteiger partial charge in [-0.15, -0.1) is 0 Å². The van der Waals surface area contributed by atoms with Crippen LogP contribution in [0.25, 0.3) is 0 Å². The van der Waals surface area contributed by atoms with Gasteiger partial charge >= 0.3 is 5.97 Å². The van der Waals surface area contributed by atoms with Gasteiger partial charge in [-0.1, -0.05) is 24.3 Å². The number of rotatable bonds is 6. The summed E-state index contributed by atoms with van der Waals surface area (Å²) in [7, 11) is 1.71. The number of aliphatic carboxylic acids is 1. The maximum Gasteiger partial charge on any atom is 0.317 e. The number of nitrogens with zero attached hydrogens (tertiary/aromatic N) is 2. The standard InChI is InChI=1S/C16H24N2O3/c1-21-13-15-5-2-4-14(10-15)11-17-6-3-7-18(9-8-17)12-16(19)20/h2,4-5,10H,3,6-9,11-13H2,1H3,(H,19,20). The maximum atomic E-state index is 10.8. The second kappa shape index (κ2) is 8.12. The van der Waals surface area contributed by atoms with E-state index >= 15 is 0 Å². The highest BCUT2D eigenvalue weighted by molar-refractivity contribution is 5.69. The van der Waals surface area contributed by atoms with Crippen LogP contribution in [0, 0.1) is 0 Å². The van der Waals surface area contributed by atoms with Crippen molar-refractivity contribution in [3.8, 4) is 0 Å². The van der Waals surface area contributed by atoms with Crippen LogP contribution in [-0.4, -0.2) is 60.7 Å². The molecule has 5 heteroatoms. The van der Waals surface area contributed by atoms with E-state index in [2.05, 4.69) is 29.2 Å². The predicted octanol–water partition coefficient (Wildman–Crippen LogP) is 1.43. The normalized spacial score (nSPS) is 17.6. The summed E-state index contributed by atoms with van der Waals surface area (Å²) in [6, 6.07) is 8.46. The predicted molar refractivity (Wildman–Crippen MR) is 81.1 cm³/mol. The lowest BCUT2D eigenvalue weighted by Gasteiger charge is -2.21. The number of hydrogen-bond donors (Lipinski definition) is 1. The Hall–Kier alpha value is -1.43. The number of hydrogen-bond acceptors (Lipinski definition) is 4. The van der Waals surface area contributed by atoms with Crippen LogP contribution in [0.15, 0.2) is 24.3 Å². The van der Waals surface area contributed by atoms with Crippen LogP contribution in [-0.2, 0) is 22.7 Å². The van der Waals surface area contributed by atoms with E-state index in [0.717, 1.165) is 39.1 Å². The maximum absolute atomic E-state index is 10.8. The minimum Gasteiger partial charge on any atom is -0.480 e. The van der Waals surface area contributed by atoms with Gasteiger partial charge < -0.3 is 9.84 Å². The Morgan fingerprint density at radius 2 is 1.90 bits per heavy atom. The van der Waals surface area contributed by atoms with Crippen LogP contribution in [0.4, 0.5) is 0 Å². The topological polar surface area (TPSA) is 53.0 Å². The molecule has 1 saturated heterocycles. The molecule has 1 heterocycles. The van der Waals surface area contributed by atoms with Crippen molar-refractivity contribution in [2.75, 3.05) is 39.8 Å². The third-order valence-corrected chi connectivity index (χ3v) is 3.75. The Bertz CT molecular complexity index is 465. The van der Waals surface area contributed by atoms with Gasteiger partial charge in [-0.25, -0.2) is 0 Å². The average molecular weight is 292 g/mol. The molecule has 21 heavy (non-hydrogen) atoms. The van der Waals surface area contributed by atoms with Crippen molar-refractivity contribution in [3.05, 3.63) is 35.4 Å². The molecular formula is C16H24N2O3. The Morgan fingerprint density at radius 3 is 2.67 bits per heavy atom. The summed E-state index contributed by atoms with van der Waals surface area (Å²) in [4.78, 5) is 15.2. The van der Waals surface area contributed by atoms with Gasteiger partial charge in [-0.3, -0.25) is 14.6 Å². The number of ether oxygens (including phenoxy) is 1. The van der Waals surface area contributed by atoms with Crippen LogP contribution in [0.2, 0.25) is 0 Å². The fraction of sp³-hybridized carbons (Fsp3) is 0.562. The van der Waals surface area contributed by atoms with Gasteiger partial charge in [-0.05, 0) is 24.1 Å². The van der Waals surface area contributed by atoms with Crippen molar-refractivity contribution in [3.63, 3.8) is 0 Å². The summed E-state index contributed by atoms with van der Waals surface area (Å²) in [6.07, 6.45) is 1.02. The van der Waals surface area contributed by atoms with E-state index in [1.807, 2.05) is 4.90 Å². The van der Waals surface area contributed by atoms with Crippen molar-refractivity contribution in [2.24, 2.45) is 0 Å². The highest BCUT2D eigenvalue weighted by Crippen LogP contribution is 2.11. The van der Waals surface area contributed by atoms with Gasteiger partial charge in [0.15, 0.2) is 0 Å². The van der Waals surface area contributed by atoms with Crippen molar-refractivity contribution in [2.45, 2.75) is 19.6 Å². The summed E-state index contributed by atoms with van der Waals surface area (Å²) in [6.45, 7) is 5.33. The molecule has 0 bridgehead atoms. The zero-order chi connectivity index (χ0) is 15.1. The highest BCUT2D eigenvalue weighted by Gasteiger charge is 2.16. The van der Waals surface area contributed by atoms with Crippen molar-refractivity contribution >= 4 is 5.97 Å².